The van der Waals surface area contributed by atoms with Crippen molar-refractivity contribution in [1.29, 1.82) is 0 Å². The van der Waals surface area contributed by atoms with Crippen molar-refractivity contribution in [1.82, 2.24) is 10.2 Å². The fourth-order valence-corrected chi connectivity index (χ4v) is 2.11. The summed E-state index contributed by atoms with van der Waals surface area (Å²) in [7, 11) is 0. The monoisotopic (exact) mass is 240 g/mol. The third-order valence-electron chi connectivity index (χ3n) is 3.35. The van der Waals surface area contributed by atoms with Crippen molar-refractivity contribution in [2.75, 3.05) is 13.1 Å². The Hall–Kier alpha value is -1.10. The van der Waals surface area contributed by atoms with E-state index in [4.69, 9.17) is 5.11 Å². The van der Waals surface area contributed by atoms with Gasteiger partial charge in [0, 0.05) is 26.1 Å². The van der Waals surface area contributed by atoms with Crippen LogP contribution in [0.4, 0.5) is 0 Å². The predicted octanol–water partition coefficient (Wildman–Crippen LogP) is 0.450. The Morgan fingerprint density at radius 3 is 2.41 bits per heavy atom. The first kappa shape index (κ1) is 12.4. The predicted molar refractivity (Wildman–Crippen MR) is 62.6 cm³/mol. The van der Waals surface area contributed by atoms with Crippen molar-refractivity contribution < 1.29 is 14.7 Å². The van der Waals surface area contributed by atoms with Crippen LogP contribution in [0.2, 0.25) is 0 Å². The summed E-state index contributed by atoms with van der Waals surface area (Å²) < 4.78 is 0. The first-order chi connectivity index (χ1) is 8.06. The Morgan fingerprint density at radius 2 is 2.00 bits per heavy atom. The molecule has 2 aliphatic rings. The third-order valence-corrected chi connectivity index (χ3v) is 3.35. The second-order valence-electron chi connectivity index (χ2n) is 5.22. The van der Waals surface area contributed by atoms with Crippen LogP contribution in [0.15, 0.2) is 0 Å². The Kier molecular flexibility index (Phi) is 3.66. The minimum atomic E-state index is -0.943. The molecule has 5 nitrogen and oxygen atoms in total. The van der Waals surface area contributed by atoms with Crippen LogP contribution in [0.3, 0.4) is 0 Å². The van der Waals surface area contributed by atoms with Crippen molar-refractivity contribution in [3.8, 4) is 0 Å². The SMILES string of the molecule is CC(=O)NC(CN(CC1CC1)C1CC1)C(=O)O. The average molecular weight is 240 g/mol. The molecule has 0 spiro atoms. The van der Waals surface area contributed by atoms with E-state index >= 15 is 0 Å². The van der Waals surface area contributed by atoms with Gasteiger partial charge in [-0.15, -0.1) is 0 Å². The number of hydrogen-bond donors (Lipinski definition) is 2. The van der Waals surface area contributed by atoms with Gasteiger partial charge in [0.05, 0.1) is 0 Å². The smallest absolute Gasteiger partial charge is 0.327 e. The number of nitrogens with one attached hydrogen (secondary N) is 1. The molecule has 5 heteroatoms. The first-order valence-electron chi connectivity index (χ1n) is 6.30. The van der Waals surface area contributed by atoms with Crippen LogP contribution in [0.1, 0.15) is 32.6 Å². The summed E-state index contributed by atoms with van der Waals surface area (Å²) in [5, 5.41) is 11.6. The van der Waals surface area contributed by atoms with E-state index in [1.165, 1.54) is 32.6 Å². The zero-order chi connectivity index (χ0) is 12.4. The largest absolute Gasteiger partial charge is 0.480 e. The number of amides is 1. The van der Waals surface area contributed by atoms with Crippen LogP contribution in [-0.4, -0.2) is 47.1 Å². The van der Waals surface area contributed by atoms with E-state index in [2.05, 4.69) is 10.2 Å². The molecule has 2 rings (SSSR count). The minimum absolute atomic E-state index is 0.278. The number of hydrogen-bond acceptors (Lipinski definition) is 3. The molecule has 0 aromatic heterocycles. The molecule has 96 valence electrons. The molecule has 17 heavy (non-hydrogen) atoms. The van der Waals surface area contributed by atoms with E-state index < -0.39 is 12.0 Å². The first-order valence-corrected chi connectivity index (χ1v) is 6.30. The molecule has 0 radical (unpaired) electrons. The topological polar surface area (TPSA) is 69.6 Å². The lowest BCUT2D eigenvalue weighted by Crippen LogP contribution is -2.48. The van der Waals surface area contributed by atoms with Gasteiger partial charge in [-0.05, 0) is 31.6 Å². The molecular weight excluding hydrogens is 220 g/mol. The summed E-state index contributed by atoms with van der Waals surface area (Å²) in [6, 6.07) is -0.224. The second kappa shape index (κ2) is 5.04. The van der Waals surface area contributed by atoms with E-state index in [1.807, 2.05) is 0 Å². The zero-order valence-electron chi connectivity index (χ0n) is 10.2. The van der Waals surface area contributed by atoms with Crippen molar-refractivity contribution in [3.63, 3.8) is 0 Å². The van der Waals surface area contributed by atoms with Crippen molar-refractivity contribution in [3.05, 3.63) is 0 Å². The summed E-state index contributed by atoms with van der Waals surface area (Å²) >= 11 is 0. The van der Waals surface area contributed by atoms with Crippen LogP contribution < -0.4 is 5.32 Å². The minimum Gasteiger partial charge on any atom is -0.480 e. The Labute approximate surface area is 101 Å². The van der Waals surface area contributed by atoms with Gasteiger partial charge in [0.2, 0.25) is 5.91 Å². The standard InChI is InChI=1S/C12H20N2O3/c1-8(15)13-11(12(16)17)7-14(10-4-5-10)6-9-2-3-9/h9-11H,2-7H2,1H3,(H,13,15)(H,16,17). The number of nitrogens with zero attached hydrogens (tertiary/aromatic N) is 1. The van der Waals surface area contributed by atoms with Gasteiger partial charge in [0.25, 0.3) is 0 Å². The van der Waals surface area contributed by atoms with Gasteiger partial charge in [-0.1, -0.05) is 0 Å². The van der Waals surface area contributed by atoms with Gasteiger partial charge in [-0.2, -0.15) is 0 Å². The normalized spacial score (nSPS) is 21.3. The second-order valence-corrected chi connectivity index (χ2v) is 5.22. The van der Waals surface area contributed by atoms with E-state index in [0.29, 0.717) is 12.6 Å². The van der Waals surface area contributed by atoms with Gasteiger partial charge in [-0.3, -0.25) is 9.69 Å². The molecule has 0 aromatic rings. The lowest BCUT2D eigenvalue weighted by molar-refractivity contribution is -0.142. The lowest BCUT2D eigenvalue weighted by atomic mass is 10.2. The van der Waals surface area contributed by atoms with Crippen molar-refractivity contribution >= 4 is 11.9 Å². The molecule has 2 N–H and O–H groups in total. The lowest BCUT2D eigenvalue weighted by Gasteiger charge is -2.25. The quantitative estimate of drug-likeness (QED) is 0.678. The highest BCUT2D eigenvalue weighted by atomic mass is 16.4. The number of carbonyl (C=O) groups is 2. The molecule has 0 aliphatic heterocycles. The van der Waals surface area contributed by atoms with Crippen LogP contribution >= 0.6 is 0 Å². The van der Waals surface area contributed by atoms with Crippen molar-refractivity contribution in [2.45, 2.75) is 44.7 Å². The Balaban J connectivity index is 1.87. The fourth-order valence-electron chi connectivity index (χ4n) is 2.11. The molecule has 0 heterocycles. The maximum absolute atomic E-state index is 11.1. The van der Waals surface area contributed by atoms with Gasteiger partial charge < -0.3 is 10.4 Å². The molecule has 1 unspecified atom stereocenters. The Bertz CT molecular complexity index is 311. The third kappa shape index (κ3) is 4.00. The van der Waals surface area contributed by atoms with E-state index in [-0.39, 0.29) is 5.91 Å². The van der Waals surface area contributed by atoms with E-state index in [0.717, 1.165) is 12.5 Å². The summed E-state index contributed by atoms with van der Waals surface area (Å²) in [5.41, 5.74) is 0. The summed E-state index contributed by atoms with van der Waals surface area (Å²) in [4.78, 5) is 24.3. The number of rotatable bonds is 7. The van der Waals surface area contributed by atoms with Crippen LogP contribution in [-0.2, 0) is 9.59 Å². The highest BCUT2D eigenvalue weighted by Gasteiger charge is 2.36. The van der Waals surface area contributed by atoms with E-state index in [1.54, 1.807) is 0 Å². The molecule has 1 amide bonds. The number of carboxylic acid groups (broad SMARTS) is 1. The molecule has 2 aliphatic carbocycles. The average Bonchev–Trinajstić information content (AvgIpc) is 3.08. The number of carboxylic acids is 1. The van der Waals surface area contributed by atoms with Gasteiger partial charge in [-0.25, -0.2) is 4.79 Å². The molecule has 0 aromatic carbocycles. The van der Waals surface area contributed by atoms with Gasteiger partial charge >= 0.3 is 5.97 Å². The molecule has 2 saturated carbocycles. The fraction of sp³-hybridized carbons (Fsp3) is 0.833. The highest BCUT2D eigenvalue weighted by Crippen LogP contribution is 2.34. The summed E-state index contributed by atoms with van der Waals surface area (Å²) in [6.45, 7) is 2.79. The van der Waals surface area contributed by atoms with Crippen LogP contribution in [0.5, 0.6) is 0 Å². The molecule has 0 saturated heterocycles. The van der Waals surface area contributed by atoms with E-state index in [9.17, 15) is 9.59 Å². The van der Waals surface area contributed by atoms with Gasteiger partial charge in [0.1, 0.15) is 6.04 Å². The summed E-state index contributed by atoms with van der Waals surface area (Å²) in [6.07, 6.45) is 4.86. The number of carbonyl (C=O) groups excluding carboxylic acids is 1. The summed E-state index contributed by atoms with van der Waals surface area (Å²) in [5.74, 6) is -0.469. The van der Waals surface area contributed by atoms with Crippen molar-refractivity contribution in [2.24, 2.45) is 5.92 Å². The molecule has 0 bridgehead atoms. The maximum Gasteiger partial charge on any atom is 0.327 e. The van der Waals surface area contributed by atoms with Crippen LogP contribution in [0.25, 0.3) is 0 Å². The zero-order valence-corrected chi connectivity index (χ0v) is 10.2. The number of aliphatic carboxylic acids is 1. The highest BCUT2D eigenvalue weighted by molar-refractivity contribution is 5.82. The van der Waals surface area contributed by atoms with Crippen LogP contribution in [0, 0.1) is 5.92 Å². The maximum atomic E-state index is 11.1. The van der Waals surface area contributed by atoms with Gasteiger partial charge in [0.15, 0.2) is 0 Å². The molecular formula is C12H20N2O3. The molecule has 1 atom stereocenters. The Morgan fingerprint density at radius 1 is 1.35 bits per heavy atom. The molecule has 2 fully saturated rings.